The van der Waals surface area contributed by atoms with E-state index in [0.717, 1.165) is 0 Å². The van der Waals surface area contributed by atoms with Crippen molar-refractivity contribution in [3.63, 3.8) is 0 Å². The van der Waals surface area contributed by atoms with Crippen LogP contribution in [0.1, 0.15) is 13.8 Å². The van der Waals surface area contributed by atoms with Gasteiger partial charge in [0.25, 0.3) is 0 Å². The van der Waals surface area contributed by atoms with Gasteiger partial charge < -0.3 is 4.74 Å². The first kappa shape index (κ1) is 15.3. The van der Waals surface area contributed by atoms with Gasteiger partial charge in [0.1, 0.15) is 0 Å². The highest BCUT2D eigenvalue weighted by molar-refractivity contribution is 9.10. The van der Waals surface area contributed by atoms with Gasteiger partial charge in [-0.2, -0.15) is 4.31 Å². The summed E-state index contributed by atoms with van der Waals surface area (Å²) in [6, 6.07) is 4.63. The summed E-state index contributed by atoms with van der Waals surface area (Å²) >= 11 is 9.15. The summed E-state index contributed by atoms with van der Waals surface area (Å²) in [6.07, 6.45) is 0. The number of nitrogens with zero attached hydrogens (tertiary/aromatic N) is 1. The molecule has 0 saturated carbocycles. The Morgan fingerprint density at radius 1 is 1.42 bits per heavy atom. The fraction of sp³-hybridized carbons (Fsp3) is 0.500. The second-order valence-electron chi connectivity index (χ2n) is 5.02. The van der Waals surface area contributed by atoms with E-state index >= 15 is 0 Å². The quantitative estimate of drug-likeness (QED) is 0.806. The molecule has 0 unspecified atom stereocenters. The fourth-order valence-electron chi connectivity index (χ4n) is 2.05. The molecule has 1 aromatic carbocycles. The summed E-state index contributed by atoms with van der Waals surface area (Å²) in [5, 5.41) is 0.486. The van der Waals surface area contributed by atoms with E-state index in [9.17, 15) is 8.42 Å². The molecule has 0 N–H and O–H groups in total. The Bertz CT molecular complexity index is 589. The number of hydrogen-bond donors (Lipinski definition) is 0. The predicted molar refractivity (Wildman–Crippen MR) is 77.9 cm³/mol. The van der Waals surface area contributed by atoms with Crippen molar-refractivity contribution in [1.82, 2.24) is 4.31 Å². The van der Waals surface area contributed by atoms with E-state index in [0.29, 0.717) is 29.3 Å². The summed E-state index contributed by atoms with van der Waals surface area (Å²) in [7, 11) is -3.54. The monoisotopic (exact) mass is 367 g/mol. The van der Waals surface area contributed by atoms with E-state index < -0.39 is 15.6 Å². The molecule has 1 aliphatic rings. The maximum absolute atomic E-state index is 12.7. The van der Waals surface area contributed by atoms with E-state index in [1.54, 1.807) is 6.07 Å². The Kier molecular flexibility index (Phi) is 4.28. The van der Waals surface area contributed by atoms with Crippen LogP contribution >= 0.6 is 27.5 Å². The van der Waals surface area contributed by atoms with Gasteiger partial charge in [-0.05, 0) is 48.0 Å². The molecule has 106 valence electrons. The van der Waals surface area contributed by atoms with Crippen molar-refractivity contribution in [3.8, 4) is 0 Å². The normalized spacial score (nSPS) is 20.4. The average molecular weight is 369 g/mol. The molecule has 0 aromatic heterocycles. The summed E-state index contributed by atoms with van der Waals surface area (Å²) in [4.78, 5) is 0.235. The molecular formula is C12H15BrClNO3S. The number of sulfonamides is 1. The topological polar surface area (TPSA) is 46.6 Å². The van der Waals surface area contributed by atoms with Crippen LogP contribution in [0.25, 0.3) is 0 Å². The standard InChI is InChI=1S/C12H15BrClNO3S/c1-12(2)8-18-6-5-15(12)19(16,17)9-3-4-11(14)10(13)7-9/h3-4,7H,5-6,8H2,1-2H3. The van der Waals surface area contributed by atoms with Crippen molar-refractivity contribution in [2.45, 2.75) is 24.3 Å². The van der Waals surface area contributed by atoms with E-state index in [-0.39, 0.29) is 4.90 Å². The van der Waals surface area contributed by atoms with Crippen LogP contribution in [0.15, 0.2) is 27.6 Å². The maximum Gasteiger partial charge on any atom is 0.243 e. The fourth-order valence-corrected chi connectivity index (χ4v) is 4.48. The first-order valence-electron chi connectivity index (χ1n) is 5.81. The minimum Gasteiger partial charge on any atom is -0.378 e. The van der Waals surface area contributed by atoms with E-state index in [4.69, 9.17) is 16.3 Å². The van der Waals surface area contributed by atoms with Gasteiger partial charge in [-0.3, -0.25) is 0 Å². The number of halogens is 2. The van der Waals surface area contributed by atoms with Gasteiger partial charge >= 0.3 is 0 Å². The molecule has 0 radical (unpaired) electrons. The van der Waals surface area contributed by atoms with Crippen molar-refractivity contribution >= 4 is 37.6 Å². The van der Waals surface area contributed by atoms with Crippen LogP contribution in [0.4, 0.5) is 0 Å². The molecule has 1 aromatic rings. The molecular weight excluding hydrogens is 354 g/mol. The number of benzene rings is 1. The molecule has 2 rings (SSSR count). The lowest BCUT2D eigenvalue weighted by atomic mass is 10.1. The number of hydrogen-bond acceptors (Lipinski definition) is 3. The Morgan fingerprint density at radius 2 is 2.11 bits per heavy atom. The first-order chi connectivity index (χ1) is 8.75. The molecule has 0 aliphatic carbocycles. The minimum absolute atomic E-state index is 0.235. The van der Waals surface area contributed by atoms with Gasteiger partial charge in [0.2, 0.25) is 10.0 Å². The second-order valence-corrected chi connectivity index (χ2v) is 8.14. The Morgan fingerprint density at radius 3 is 2.68 bits per heavy atom. The van der Waals surface area contributed by atoms with Gasteiger partial charge in [-0.1, -0.05) is 11.6 Å². The molecule has 1 aliphatic heterocycles. The molecule has 7 heteroatoms. The molecule has 4 nitrogen and oxygen atoms in total. The highest BCUT2D eigenvalue weighted by Gasteiger charge is 2.39. The van der Waals surface area contributed by atoms with Crippen molar-refractivity contribution in [3.05, 3.63) is 27.7 Å². The summed E-state index contributed by atoms with van der Waals surface area (Å²) in [6.45, 7) is 4.87. The van der Waals surface area contributed by atoms with E-state index in [2.05, 4.69) is 15.9 Å². The second kappa shape index (κ2) is 5.33. The van der Waals surface area contributed by atoms with Crippen molar-refractivity contribution in [2.75, 3.05) is 19.8 Å². The molecule has 0 spiro atoms. The van der Waals surface area contributed by atoms with Gasteiger partial charge in [0, 0.05) is 11.0 Å². The van der Waals surface area contributed by atoms with E-state index in [1.165, 1.54) is 16.4 Å². The lowest BCUT2D eigenvalue weighted by molar-refractivity contribution is -0.00770. The zero-order chi connectivity index (χ0) is 14.3. The van der Waals surface area contributed by atoms with Crippen LogP contribution in [-0.2, 0) is 14.8 Å². The zero-order valence-electron chi connectivity index (χ0n) is 10.7. The average Bonchev–Trinajstić information content (AvgIpc) is 2.31. The SMILES string of the molecule is CC1(C)COCCN1S(=O)(=O)c1ccc(Cl)c(Br)c1. The van der Waals surface area contributed by atoms with Crippen LogP contribution in [0.2, 0.25) is 5.02 Å². The lowest BCUT2D eigenvalue weighted by Gasteiger charge is -2.40. The highest BCUT2D eigenvalue weighted by atomic mass is 79.9. The Balaban J connectivity index is 2.44. The largest absolute Gasteiger partial charge is 0.378 e. The smallest absolute Gasteiger partial charge is 0.243 e. The van der Waals surface area contributed by atoms with Crippen molar-refractivity contribution in [1.29, 1.82) is 0 Å². The third-order valence-corrected chi connectivity index (χ3v) is 6.37. The first-order valence-corrected chi connectivity index (χ1v) is 8.42. The third kappa shape index (κ3) is 2.97. The van der Waals surface area contributed by atoms with Gasteiger partial charge in [-0.25, -0.2) is 8.42 Å². The van der Waals surface area contributed by atoms with Crippen molar-refractivity contribution in [2.24, 2.45) is 0 Å². The molecule has 1 heterocycles. The van der Waals surface area contributed by atoms with Crippen LogP contribution in [0.3, 0.4) is 0 Å². The van der Waals surface area contributed by atoms with Crippen LogP contribution in [-0.4, -0.2) is 38.0 Å². The number of morpholine rings is 1. The van der Waals surface area contributed by atoms with Crippen LogP contribution in [0, 0.1) is 0 Å². The number of ether oxygens (including phenoxy) is 1. The number of rotatable bonds is 2. The summed E-state index contributed by atoms with van der Waals surface area (Å²) < 4.78 is 32.8. The predicted octanol–water partition coefficient (Wildman–Crippen LogP) is 2.90. The van der Waals surface area contributed by atoms with Crippen molar-refractivity contribution < 1.29 is 13.2 Å². The minimum atomic E-state index is -3.54. The summed E-state index contributed by atoms with van der Waals surface area (Å²) in [5.74, 6) is 0. The zero-order valence-corrected chi connectivity index (χ0v) is 13.8. The van der Waals surface area contributed by atoms with Gasteiger partial charge in [0.15, 0.2) is 0 Å². The van der Waals surface area contributed by atoms with Gasteiger partial charge in [-0.15, -0.1) is 0 Å². The van der Waals surface area contributed by atoms with E-state index in [1.807, 2.05) is 13.8 Å². The molecule has 1 saturated heterocycles. The molecule has 0 atom stereocenters. The molecule has 1 fully saturated rings. The van der Waals surface area contributed by atoms with Gasteiger partial charge in [0.05, 0.1) is 28.7 Å². The highest BCUT2D eigenvalue weighted by Crippen LogP contribution is 2.31. The summed E-state index contributed by atoms with van der Waals surface area (Å²) in [5.41, 5.74) is -0.552. The lowest BCUT2D eigenvalue weighted by Crippen LogP contribution is -2.55. The molecule has 19 heavy (non-hydrogen) atoms. The Hall–Kier alpha value is -0.140. The Labute approximate surface area is 126 Å². The molecule has 0 bridgehead atoms. The van der Waals surface area contributed by atoms with Crippen LogP contribution < -0.4 is 0 Å². The van der Waals surface area contributed by atoms with Crippen LogP contribution in [0.5, 0.6) is 0 Å². The molecule has 0 amide bonds. The maximum atomic E-state index is 12.7. The third-order valence-electron chi connectivity index (χ3n) is 3.05.